The molecule has 3 rings (SSSR count). The van der Waals surface area contributed by atoms with Crippen LogP contribution in [0.1, 0.15) is 27.7 Å². The smallest absolute Gasteiger partial charge is 0.190 e. The van der Waals surface area contributed by atoms with E-state index in [1.165, 1.54) is 0 Å². The van der Waals surface area contributed by atoms with Gasteiger partial charge < -0.3 is 28.8 Å². The van der Waals surface area contributed by atoms with Crippen LogP contribution in [0, 0.1) is 0 Å². The summed E-state index contributed by atoms with van der Waals surface area (Å²) in [6, 6.07) is 0. The lowest BCUT2D eigenvalue weighted by molar-refractivity contribution is -0.232. The molecule has 0 unspecified atom stereocenters. The monoisotopic (exact) mass is 260 g/mol. The molecule has 18 heavy (non-hydrogen) atoms. The minimum atomic E-state index is -0.765. The normalized spacial score (nSPS) is 49.5. The summed E-state index contributed by atoms with van der Waals surface area (Å²) in [5.74, 6) is -1.35. The van der Waals surface area contributed by atoms with Gasteiger partial charge >= 0.3 is 0 Å². The van der Waals surface area contributed by atoms with Crippen LogP contribution in [0.2, 0.25) is 0 Å². The van der Waals surface area contributed by atoms with E-state index in [0.717, 1.165) is 0 Å². The summed E-state index contributed by atoms with van der Waals surface area (Å²) < 4.78 is 28.1. The Labute approximate surface area is 106 Å². The molecule has 0 bridgehead atoms. The van der Waals surface area contributed by atoms with Crippen molar-refractivity contribution in [2.24, 2.45) is 0 Å². The largest absolute Gasteiger partial charge is 0.387 e. The number of aliphatic hydroxyl groups excluding tert-OH is 1. The Hall–Kier alpha value is -0.240. The molecule has 0 spiro atoms. The Balaban J connectivity index is 1.68. The first-order valence-corrected chi connectivity index (χ1v) is 6.28. The third-order valence-electron chi connectivity index (χ3n) is 3.45. The standard InChI is InChI=1S/C12H20O6/c1-11(2)14-5-6(16-11)8-7(13)9-10(15-8)18-12(3,4)17-9/h6-10,13H,5H2,1-4H3/t6-,7-,8-,9-,10+/m0/s1. The van der Waals surface area contributed by atoms with Crippen molar-refractivity contribution in [3.8, 4) is 0 Å². The molecule has 0 aromatic heterocycles. The number of ether oxygens (including phenoxy) is 5. The maximum atomic E-state index is 10.3. The molecule has 6 heteroatoms. The van der Waals surface area contributed by atoms with Gasteiger partial charge in [-0.25, -0.2) is 0 Å². The molecule has 3 fully saturated rings. The van der Waals surface area contributed by atoms with Gasteiger partial charge in [0.25, 0.3) is 0 Å². The van der Waals surface area contributed by atoms with Gasteiger partial charge in [0.2, 0.25) is 0 Å². The van der Waals surface area contributed by atoms with Crippen LogP contribution in [0.4, 0.5) is 0 Å². The molecule has 6 nitrogen and oxygen atoms in total. The summed E-state index contributed by atoms with van der Waals surface area (Å²) in [5.41, 5.74) is 0. The fourth-order valence-electron chi connectivity index (χ4n) is 2.70. The first-order valence-electron chi connectivity index (χ1n) is 6.28. The van der Waals surface area contributed by atoms with Crippen LogP contribution in [-0.4, -0.2) is 54.0 Å². The fourth-order valence-corrected chi connectivity index (χ4v) is 2.70. The van der Waals surface area contributed by atoms with Crippen LogP contribution in [0.15, 0.2) is 0 Å². The van der Waals surface area contributed by atoms with E-state index in [9.17, 15) is 5.11 Å². The van der Waals surface area contributed by atoms with Crippen molar-refractivity contribution in [3.05, 3.63) is 0 Å². The fraction of sp³-hybridized carbons (Fsp3) is 1.00. The first kappa shape index (κ1) is 12.8. The number of rotatable bonds is 1. The predicted molar refractivity (Wildman–Crippen MR) is 59.6 cm³/mol. The first-order chi connectivity index (χ1) is 8.27. The lowest BCUT2D eigenvalue weighted by Crippen LogP contribution is -2.42. The third kappa shape index (κ3) is 2.07. The van der Waals surface area contributed by atoms with Crippen LogP contribution in [-0.2, 0) is 23.7 Å². The SMILES string of the molecule is CC1(C)O[C@H]2O[C@@H]([C@@H]3COC(C)(C)O3)[C@H](O)[C@@H]2O1. The molecule has 3 heterocycles. The highest BCUT2D eigenvalue weighted by atomic mass is 16.8. The van der Waals surface area contributed by atoms with E-state index >= 15 is 0 Å². The summed E-state index contributed by atoms with van der Waals surface area (Å²) in [5, 5.41) is 10.3. The third-order valence-corrected chi connectivity index (χ3v) is 3.45. The zero-order chi connectivity index (χ0) is 13.1. The van der Waals surface area contributed by atoms with Gasteiger partial charge in [0.1, 0.15) is 24.4 Å². The van der Waals surface area contributed by atoms with Crippen LogP contribution < -0.4 is 0 Å². The van der Waals surface area contributed by atoms with E-state index in [1.807, 2.05) is 13.8 Å². The second-order valence-corrected chi connectivity index (χ2v) is 5.93. The van der Waals surface area contributed by atoms with E-state index in [4.69, 9.17) is 23.7 Å². The Morgan fingerprint density at radius 2 is 1.67 bits per heavy atom. The highest BCUT2D eigenvalue weighted by Crippen LogP contribution is 2.40. The molecule has 0 saturated carbocycles. The van der Waals surface area contributed by atoms with E-state index in [1.54, 1.807) is 13.8 Å². The van der Waals surface area contributed by atoms with E-state index in [0.29, 0.717) is 6.61 Å². The number of hydrogen-bond acceptors (Lipinski definition) is 6. The Morgan fingerprint density at radius 3 is 2.22 bits per heavy atom. The average molecular weight is 260 g/mol. The van der Waals surface area contributed by atoms with Crippen molar-refractivity contribution >= 4 is 0 Å². The van der Waals surface area contributed by atoms with Gasteiger partial charge in [0.05, 0.1) is 6.61 Å². The van der Waals surface area contributed by atoms with E-state index < -0.39 is 36.2 Å². The summed E-state index contributed by atoms with van der Waals surface area (Å²) in [7, 11) is 0. The highest BCUT2D eigenvalue weighted by Gasteiger charge is 2.57. The molecule has 0 aliphatic carbocycles. The molecule has 0 amide bonds. The van der Waals surface area contributed by atoms with Crippen molar-refractivity contribution in [2.45, 2.75) is 70.0 Å². The van der Waals surface area contributed by atoms with Gasteiger partial charge in [0.15, 0.2) is 17.9 Å². The van der Waals surface area contributed by atoms with Gasteiger partial charge in [-0.2, -0.15) is 0 Å². The Kier molecular flexibility index (Phi) is 2.75. The second-order valence-electron chi connectivity index (χ2n) is 5.93. The highest BCUT2D eigenvalue weighted by molar-refractivity contribution is 4.97. The van der Waals surface area contributed by atoms with Crippen LogP contribution in [0.25, 0.3) is 0 Å². The maximum Gasteiger partial charge on any atom is 0.190 e. The van der Waals surface area contributed by atoms with Crippen molar-refractivity contribution in [1.82, 2.24) is 0 Å². The quantitative estimate of drug-likeness (QED) is 0.735. The molecule has 0 radical (unpaired) electrons. The summed E-state index contributed by atoms with van der Waals surface area (Å²) >= 11 is 0. The molecule has 0 aromatic rings. The van der Waals surface area contributed by atoms with Crippen molar-refractivity contribution < 1.29 is 28.8 Å². The van der Waals surface area contributed by atoms with Crippen LogP contribution >= 0.6 is 0 Å². The topological polar surface area (TPSA) is 66.4 Å². The molecule has 3 aliphatic rings. The van der Waals surface area contributed by atoms with Gasteiger partial charge in [0, 0.05) is 0 Å². The summed E-state index contributed by atoms with van der Waals surface area (Å²) in [4.78, 5) is 0. The zero-order valence-corrected chi connectivity index (χ0v) is 11.1. The average Bonchev–Trinajstić information content (AvgIpc) is 2.81. The molecular weight excluding hydrogens is 240 g/mol. The lowest BCUT2D eigenvalue weighted by Gasteiger charge is -2.26. The molecular formula is C12H20O6. The minimum Gasteiger partial charge on any atom is -0.387 e. The maximum absolute atomic E-state index is 10.3. The lowest BCUT2D eigenvalue weighted by atomic mass is 10.1. The Morgan fingerprint density at radius 1 is 0.944 bits per heavy atom. The molecule has 0 aromatic carbocycles. The van der Waals surface area contributed by atoms with Gasteiger partial charge in [-0.05, 0) is 27.7 Å². The number of aliphatic hydroxyl groups is 1. The second kappa shape index (κ2) is 3.88. The molecule has 3 aliphatic heterocycles. The minimum absolute atomic E-state index is 0.295. The van der Waals surface area contributed by atoms with Crippen molar-refractivity contribution in [2.75, 3.05) is 6.61 Å². The van der Waals surface area contributed by atoms with Crippen LogP contribution in [0.3, 0.4) is 0 Å². The van der Waals surface area contributed by atoms with Gasteiger partial charge in [-0.1, -0.05) is 0 Å². The van der Waals surface area contributed by atoms with Crippen molar-refractivity contribution in [1.29, 1.82) is 0 Å². The van der Waals surface area contributed by atoms with E-state index in [-0.39, 0.29) is 6.10 Å². The molecule has 3 saturated heterocycles. The van der Waals surface area contributed by atoms with Crippen LogP contribution in [0.5, 0.6) is 0 Å². The van der Waals surface area contributed by atoms with Gasteiger partial charge in [-0.3, -0.25) is 0 Å². The molecule has 104 valence electrons. The van der Waals surface area contributed by atoms with E-state index in [2.05, 4.69) is 0 Å². The number of hydrogen-bond donors (Lipinski definition) is 1. The zero-order valence-electron chi connectivity index (χ0n) is 11.1. The molecule has 5 atom stereocenters. The summed E-state index contributed by atoms with van der Waals surface area (Å²) in [6.45, 7) is 7.68. The Bertz CT molecular complexity index is 341. The van der Waals surface area contributed by atoms with Gasteiger partial charge in [-0.15, -0.1) is 0 Å². The van der Waals surface area contributed by atoms with Crippen molar-refractivity contribution in [3.63, 3.8) is 0 Å². The molecule has 1 N–H and O–H groups in total. The predicted octanol–water partition coefficient (Wildman–Crippen LogP) is 0.375. The number of fused-ring (bicyclic) bond motifs is 1. The summed E-state index contributed by atoms with van der Waals surface area (Å²) in [6.07, 6.45) is -2.53.